The molecule has 116 valence electrons. The average Bonchev–Trinajstić information content (AvgIpc) is 2.43. The number of hydrogen-bond acceptors (Lipinski definition) is 4. The molecule has 21 heavy (non-hydrogen) atoms. The van der Waals surface area contributed by atoms with Crippen LogP contribution in [0.1, 0.15) is 26.2 Å². The van der Waals surface area contributed by atoms with E-state index in [4.69, 9.17) is 16.2 Å². The molecule has 1 aromatic carbocycles. The number of nitrogens with zero attached hydrogens (tertiary/aromatic N) is 1. The van der Waals surface area contributed by atoms with Gasteiger partial charge < -0.3 is 21.1 Å². The summed E-state index contributed by atoms with van der Waals surface area (Å²) in [6, 6.07) is 7.02. The van der Waals surface area contributed by atoms with Gasteiger partial charge in [0.1, 0.15) is 5.75 Å². The normalized spacial score (nSPS) is 10.1. The maximum Gasteiger partial charge on any atom is 0.237 e. The van der Waals surface area contributed by atoms with Crippen molar-refractivity contribution in [2.75, 3.05) is 25.4 Å². The summed E-state index contributed by atoms with van der Waals surface area (Å²) >= 11 is 0. The van der Waals surface area contributed by atoms with Gasteiger partial charge in [0.25, 0.3) is 0 Å². The number of nitrogen functional groups attached to an aromatic ring is 1. The molecule has 0 bridgehead atoms. The maximum absolute atomic E-state index is 12.1. The predicted molar refractivity (Wildman–Crippen MR) is 81.6 cm³/mol. The van der Waals surface area contributed by atoms with E-state index in [1.54, 1.807) is 24.3 Å². The standard InChI is InChI=1S/C15H23N3O3/c1-2-3-8-18(11-14(17)19)15(20)7-9-21-13-6-4-5-12(16)10-13/h4-6,10H,2-3,7-9,11,16H2,1H3,(H2,17,19). The van der Waals surface area contributed by atoms with Crippen molar-refractivity contribution >= 4 is 17.5 Å². The number of rotatable bonds is 9. The van der Waals surface area contributed by atoms with Crippen LogP contribution in [0.3, 0.4) is 0 Å². The Bertz CT molecular complexity index is 477. The van der Waals surface area contributed by atoms with Gasteiger partial charge in [0.15, 0.2) is 0 Å². The molecule has 6 nitrogen and oxygen atoms in total. The van der Waals surface area contributed by atoms with Crippen LogP contribution in [-0.4, -0.2) is 36.4 Å². The lowest BCUT2D eigenvalue weighted by Gasteiger charge is -2.21. The van der Waals surface area contributed by atoms with E-state index in [-0.39, 0.29) is 25.5 Å². The molecule has 1 rings (SSSR count). The average molecular weight is 293 g/mol. The highest BCUT2D eigenvalue weighted by Crippen LogP contribution is 2.14. The summed E-state index contributed by atoms with van der Waals surface area (Å²) in [7, 11) is 0. The molecule has 0 fully saturated rings. The van der Waals surface area contributed by atoms with Crippen molar-refractivity contribution in [1.82, 2.24) is 4.90 Å². The van der Waals surface area contributed by atoms with E-state index in [9.17, 15) is 9.59 Å². The minimum absolute atomic E-state index is 0.0445. The third-order valence-corrected chi connectivity index (χ3v) is 2.92. The van der Waals surface area contributed by atoms with E-state index in [1.807, 2.05) is 6.92 Å². The fourth-order valence-corrected chi connectivity index (χ4v) is 1.85. The first-order valence-corrected chi connectivity index (χ1v) is 7.07. The van der Waals surface area contributed by atoms with Crippen LogP contribution in [0.2, 0.25) is 0 Å². The van der Waals surface area contributed by atoms with E-state index in [0.717, 1.165) is 12.8 Å². The first-order chi connectivity index (χ1) is 10.0. The fraction of sp³-hybridized carbons (Fsp3) is 0.467. The summed E-state index contributed by atoms with van der Waals surface area (Å²) in [5.74, 6) is -0.0137. The zero-order chi connectivity index (χ0) is 15.7. The molecular formula is C15H23N3O3. The Hall–Kier alpha value is -2.24. The van der Waals surface area contributed by atoms with Gasteiger partial charge in [-0.15, -0.1) is 0 Å². The fourth-order valence-electron chi connectivity index (χ4n) is 1.85. The molecule has 0 spiro atoms. The van der Waals surface area contributed by atoms with Crippen LogP contribution >= 0.6 is 0 Å². The Kier molecular flexibility index (Phi) is 7.08. The van der Waals surface area contributed by atoms with E-state index >= 15 is 0 Å². The Morgan fingerprint density at radius 3 is 2.71 bits per heavy atom. The third kappa shape index (κ3) is 6.65. The minimum Gasteiger partial charge on any atom is -0.493 e. The van der Waals surface area contributed by atoms with Crippen molar-refractivity contribution in [3.8, 4) is 5.75 Å². The number of primary amides is 1. The van der Waals surface area contributed by atoms with Gasteiger partial charge in [0, 0.05) is 18.3 Å². The first-order valence-electron chi connectivity index (χ1n) is 7.07. The predicted octanol–water partition coefficient (Wildman–Crippen LogP) is 1.15. The minimum atomic E-state index is -0.504. The summed E-state index contributed by atoms with van der Waals surface area (Å²) in [5.41, 5.74) is 11.4. The summed E-state index contributed by atoms with van der Waals surface area (Å²) in [5, 5.41) is 0. The highest BCUT2D eigenvalue weighted by Gasteiger charge is 2.15. The second-order valence-electron chi connectivity index (χ2n) is 4.81. The largest absolute Gasteiger partial charge is 0.493 e. The van der Waals surface area contributed by atoms with Gasteiger partial charge >= 0.3 is 0 Å². The second kappa shape index (κ2) is 8.84. The summed E-state index contributed by atoms with van der Waals surface area (Å²) < 4.78 is 5.47. The summed E-state index contributed by atoms with van der Waals surface area (Å²) in [6.45, 7) is 2.76. The van der Waals surface area contributed by atoms with Crippen LogP contribution in [0.25, 0.3) is 0 Å². The zero-order valence-corrected chi connectivity index (χ0v) is 12.4. The van der Waals surface area contributed by atoms with Gasteiger partial charge in [0.2, 0.25) is 11.8 Å². The van der Waals surface area contributed by atoms with Crippen molar-refractivity contribution in [2.45, 2.75) is 26.2 Å². The molecule has 6 heteroatoms. The number of anilines is 1. The van der Waals surface area contributed by atoms with Gasteiger partial charge in [-0.05, 0) is 18.6 Å². The van der Waals surface area contributed by atoms with Crippen LogP contribution in [0, 0.1) is 0 Å². The zero-order valence-electron chi connectivity index (χ0n) is 12.4. The first kappa shape index (κ1) is 16.8. The highest BCUT2D eigenvalue weighted by atomic mass is 16.5. The quantitative estimate of drug-likeness (QED) is 0.667. The molecule has 0 saturated heterocycles. The van der Waals surface area contributed by atoms with Crippen molar-refractivity contribution in [2.24, 2.45) is 5.73 Å². The second-order valence-corrected chi connectivity index (χ2v) is 4.81. The molecule has 0 atom stereocenters. The lowest BCUT2D eigenvalue weighted by molar-refractivity contribution is -0.135. The smallest absolute Gasteiger partial charge is 0.237 e. The molecule has 4 N–H and O–H groups in total. The molecule has 0 aliphatic rings. The molecule has 0 aliphatic carbocycles. The number of amides is 2. The van der Waals surface area contributed by atoms with Crippen molar-refractivity contribution < 1.29 is 14.3 Å². The molecule has 0 saturated carbocycles. The number of benzene rings is 1. The molecule has 0 unspecified atom stereocenters. The lowest BCUT2D eigenvalue weighted by atomic mass is 10.2. The van der Waals surface area contributed by atoms with Crippen LogP contribution < -0.4 is 16.2 Å². The number of nitrogens with two attached hydrogens (primary N) is 2. The topological polar surface area (TPSA) is 98.6 Å². The summed E-state index contributed by atoms with van der Waals surface area (Å²) in [4.78, 5) is 24.5. The van der Waals surface area contributed by atoms with Gasteiger partial charge in [-0.1, -0.05) is 19.4 Å². The number of hydrogen-bond donors (Lipinski definition) is 2. The van der Waals surface area contributed by atoms with Crippen LogP contribution in [0.4, 0.5) is 5.69 Å². The number of ether oxygens (including phenoxy) is 1. The molecule has 0 aliphatic heterocycles. The molecule has 2 amide bonds. The lowest BCUT2D eigenvalue weighted by Crippen LogP contribution is -2.39. The SMILES string of the molecule is CCCCN(CC(N)=O)C(=O)CCOc1cccc(N)c1. The number of unbranched alkanes of at least 4 members (excludes halogenated alkanes) is 1. The highest BCUT2D eigenvalue weighted by molar-refractivity contribution is 5.83. The molecular weight excluding hydrogens is 270 g/mol. The molecule has 0 aromatic heterocycles. The Labute approximate surface area is 125 Å². The summed E-state index contributed by atoms with van der Waals surface area (Å²) in [6.07, 6.45) is 1.99. The van der Waals surface area contributed by atoms with E-state index in [2.05, 4.69) is 0 Å². The van der Waals surface area contributed by atoms with Crippen LogP contribution in [0.5, 0.6) is 5.75 Å². The van der Waals surface area contributed by atoms with Crippen molar-refractivity contribution in [3.63, 3.8) is 0 Å². The van der Waals surface area contributed by atoms with Gasteiger partial charge in [-0.25, -0.2) is 0 Å². The number of carbonyl (C=O) groups is 2. The van der Waals surface area contributed by atoms with Gasteiger partial charge in [-0.2, -0.15) is 0 Å². The maximum atomic E-state index is 12.1. The van der Waals surface area contributed by atoms with Crippen molar-refractivity contribution in [1.29, 1.82) is 0 Å². The molecule has 0 heterocycles. The Morgan fingerprint density at radius 1 is 1.33 bits per heavy atom. The molecule has 0 radical (unpaired) electrons. The van der Waals surface area contributed by atoms with E-state index < -0.39 is 5.91 Å². The van der Waals surface area contributed by atoms with Crippen molar-refractivity contribution in [3.05, 3.63) is 24.3 Å². The van der Waals surface area contributed by atoms with Gasteiger partial charge in [0.05, 0.1) is 19.6 Å². The van der Waals surface area contributed by atoms with Gasteiger partial charge in [-0.3, -0.25) is 9.59 Å². The van der Waals surface area contributed by atoms with Crippen LogP contribution in [-0.2, 0) is 9.59 Å². The monoisotopic (exact) mass is 293 g/mol. The molecule has 1 aromatic rings. The van der Waals surface area contributed by atoms with Crippen LogP contribution in [0.15, 0.2) is 24.3 Å². The van der Waals surface area contributed by atoms with E-state index in [0.29, 0.717) is 18.0 Å². The third-order valence-electron chi connectivity index (χ3n) is 2.92. The Balaban J connectivity index is 2.43. The Morgan fingerprint density at radius 2 is 2.10 bits per heavy atom. The van der Waals surface area contributed by atoms with E-state index in [1.165, 1.54) is 4.90 Å². The number of carbonyl (C=O) groups excluding carboxylic acids is 2.